The maximum Gasteiger partial charge on any atom is 0.159 e. The Morgan fingerprint density at radius 3 is 1.92 bits per heavy atom. The second-order valence-electron chi connectivity index (χ2n) is 5.57. The molecule has 3 aromatic rings. The highest BCUT2D eigenvalue weighted by molar-refractivity contribution is 6.30. The molecule has 0 amide bonds. The van der Waals surface area contributed by atoms with E-state index < -0.39 is 0 Å². The highest BCUT2D eigenvalue weighted by Gasteiger charge is 2.02. The van der Waals surface area contributed by atoms with Gasteiger partial charge >= 0.3 is 0 Å². The van der Waals surface area contributed by atoms with E-state index in [1.165, 1.54) is 0 Å². The topological polar surface area (TPSA) is 26.3 Å². The molecular weight excluding hydrogens is 320 g/mol. The Kier molecular flexibility index (Phi) is 4.97. The van der Waals surface area contributed by atoms with Gasteiger partial charge in [0.2, 0.25) is 0 Å². The summed E-state index contributed by atoms with van der Waals surface area (Å²) in [5, 5.41) is 0.721. The highest BCUT2D eigenvalue weighted by atomic mass is 35.5. The number of carbonyl (C=O) groups is 1. The average Bonchev–Trinajstić information content (AvgIpc) is 2.62. The van der Waals surface area contributed by atoms with Crippen LogP contribution >= 0.6 is 11.6 Å². The lowest BCUT2D eigenvalue weighted by Gasteiger charge is -2.08. The molecule has 0 aliphatic rings. The molecule has 0 radical (unpaired) electrons. The number of ether oxygens (including phenoxy) is 1. The Hall–Kier alpha value is -2.58. The van der Waals surface area contributed by atoms with Gasteiger partial charge in [0.25, 0.3) is 0 Å². The molecule has 120 valence electrons. The van der Waals surface area contributed by atoms with Crippen LogP contribution in [0.4, 0.5) is 0 Å². The summed E-state index contributed by atoms with van der Waals surface area (Å²) in [6.07, 6.45) is 0. The molecule has 0 saturated heterocycles. The molecule has 0 heterocycles. The van der Waals surface area contributed by atoms with E-state index in [0.29, 0.717) is 6.61 Å². The fourth-order valence-corrected chi connectivity index (χ4v) is 2.51. The zero-order valence-electron chi connectivity index (χ0n) is 13.3. The molecular formula is C21H17ClO2. The quantitative estimate of drug-likeness (QED) is 0.551. The van der Waals surface area contributed by atoms with Gasteiger partial charge in [-0.1, -0.05) is 60.1 Å². The Bertz CT molecular complexity index is 819. The van der Waals surface area contributed by atoms with Gasteiger partial charge in [-0.15, -0.1) is 0 Å². The molecule has 3 rings (SSSR count). The number of rotatable bonds is 5. The van der Waals surface area contributed by atoms with Crippen molar-refractivity contribution in [1.29, 1.82) is 0 Å². The summed E-state index contributed by atoms with van der Waals surface area (Å²) < 4.78 is 5.79. The Morgan fingerprint density at radius 2 is 1.38 bits per heavy atom. The zero-order valence-corrected chi connectivity index (χ0v) is 14.1. The maximum atomic E-state index is 11.3. The molecule has 2 nitrogen and oxygen atoms in total. The van der Waals surface area contributed by atoms with Gasteiger partial charge in [-0.2, -0.15) is 0 Å². The van der Waals surface area contributed by atoms with E-state index in [2.05, 4.69) is 0 Å². The van der Waals surface area contributed by atoms with Crippen molar-refractivity contribution in [3.05, 3.63) is 88.9 Å². The molecule has 3 aromatic carbocycles. The van der Waals surface area contributed by atoms with Gasteiger partial charge in [-0.25, -0.2) is 0 Å². The number of benzene rings is 3. The largest absolute Gasteiger partial charge is 0.489 e. The van der Waals surface area contributed by atoms with Gasteiger partial charge in [-0.3, -0.25) is 4.79 Å². The van der Waals surface area contributed by atoms with E-state index in [1.54, 1.807) is 6.92 Å². The van der Waals surface area contributed by atoms with Crippen LogP contribution in [0.15, 0.2) is 72.8 Å². The van der Waals surface area contributed by atoms with Crippen LogP contribution in [0.5, 0.6) is 5.75 Å². The van der Waals surface area contributed by atoms with Crippen LogP contribution in [0.25, 0.3) is 11.1 Å². The van der Waals surface area contributed by atoms with Crippen LogP contribution in [0.1, 0.15) is 22.8 Å². The van der Waals surface area contributed by atoms with Crippen molar-refractivity contribution >= 4 is 17.4 Å². The summed E-state index contributed by atoms with van der Waals surface area (Å²) in [6, 6.07) is 23.2. The Balaban J connectivity index is 1.66. The van der Waals surface area contributed by atoms with Crippen LogP contribution in [0.2, 0.25) is 5.02 Å². The van der Waals surface area contributed by atoms with Gasteiger partial charge in [0, 0.05) is 10.6 Å². The van der Waals surface area contributed by atoms with Crippen LogP contribution < -0.4 is 4.74 Å². The third-order valence-electron chi connectivity index (χ3n) is 3.80. The minimum absolute atomic E-state index is 0.0764. The van der Waals surface area contributed by atoms with Crippen LogP contribution in [0, 0.1) is 0 Å². The average molecular weight is 337 g/mol. The lowest BCUT2D eigenvalue weighted by molar-refractivity contribution is 0.101. The van der Waals surface area contributed by atoms with Gasteiger partial charge in [0.1, 0.15) is 12.4 Å². The number of halogens is 1. The minimum atomic E-state index is 0.0764. The van der Waals surface area contributed by atoms with Crippen molar-refractivity contribution in [3.63, 3.8) is 0 Å². The van der Waals surface area contributed by atoms with Crippen molar-refractivity contribution in [3.8, 4) is 16.9 Å². The molecule has 0 bridgehead atoms. The standard InChI is InChI=1S/C21H17ClO2/c1-15(23)17-4-6-18(7-5-17)19-8-12-21(13-9-19)24-14-16-2-10-20(22)11-3-16/h2-13H,14H2,1H3. The van der Waals surface area contributed by atoms with Crippen molar-refractivity contribution in [2.75, 3.05) is 0 Å². The summed E-state index contributed by atoms with van der Waals surface area (Å²) in [7, 11) is 0. The summed E-state index contributed by atoms with van der Waals surface area (Å²) in [6.45, 7) is 2.08. The first kappa shape index (κ1) is 16.3. The van der Waals surface area contributed by atoms with Crippen molar-refractivity contribution < 1.29 is 9.53 Å². The van der Waals surface area contributed by atoms with Gasteiger partial charge < -0.3 is 4.74 Å². The number of hydrogen-bond donors (Lipinski definition) is 0. The van der Waals surface area contributed by atoms with E-state index in [0.717, 1.165) is 33.0 Å². The van der Waals surface area contributed by atoms with Crippen molar-refractivity contribution in [2.24, 2.45) is 0 Å². The third-order valence-corrected chi connectivity index (χ3v) is 4.05. The molecule has 0 N–H and O–H groups in total. The predicted molar refractivity (Wildman–Crippen MR) is 97.7 cm³/mol. The normalized spacial score (nSPS) is 10.4. The highest BCUT2D eigenvalue weighted by Crippen LogP contribution is 2.23. The lowest BCUT2D eigenvalue weighted by atomic mass is 10.0. The molecule has 0 saturated carbocycles. The van der Waals surface area contributed by atoms with E-state index in [4.69, 9.17) is 16.3 Å². The molecule has 0 aliphatic heterocycles. The van der Waals surface area contributed by atoms with Gasteiger partial charge in [-0.05, 0) is 47.9 Å². The van der Waals surface area contributed by atoms with Gasteiger partial charge in [0.05, 0.1) is 0 Å². The van der Waals surface area contributed by atoms with Gasteiger partial charge in [0.15, 0.2) is 5.78 Å². The number of Topliss-reactive ketones (excluding diaryl/α,β-unsaturated/α-hetero) is 1. The maximum absolute atomic E-state index is 11.3. The molecule has 0 fully saturated rings. The second kappa shape index (κ2) is 7.33. The zero-order chi connectivity index (χ0) is 16.9. The van der Waals surface area contributed by atoms with E-state index in [1.807, 2.05) is 72.8 Å². The summed E-state index contributed by atoms with van der Waals surface area (Å²) >= 11 is 5.87. The van der Waals surface area contributed by atoms with Crippen molar-refractivity contribution in [1.82, 2.24) is 0 Å². The van der Waals surface area contributed by atoms with Crippen LogP contribution in [0.3, 0.4) is 0 Å². The minimum Gasteiger partial charge on any atom is -0.489 e. The summed E-state index contributed by atoms with van der Waals surface area (Å²) in [4.78, 5) is 11.3. The molecule has 24 heavy (non-hydrogen) atoms. The van der Waals surface area contributed by atoms with Crippen LogP contribution in [-0.2, 0) is 6.61 Å². The fourth-order valence-electron chi connectivity index (χ4n) is 2.39. The summed E-state index contributed by atoms with van der Waals surface area (Å²) in [5.74, 6) is 0.890. The van der Waals surface area contributed by atoms with Crippen LogP contribution in [-0.4, -0.2) is 5.78 Å². The Labute approximate surface area is 146 Å². The third kappa shape index (κ3) is 4.03. The predicted octanol–water partition coefficient (Wildman–Crippen LogP) is 5.79. The SMILES string of the molecule is CC(=O)c1ccc(-c2ccc(OCc3ccc(Cl)cc3)cc2)cc1. The van der Waals surface area contributed by atoms with Crippen molar-refractivity contribution in [2.45, 2.75) is 13.5 Å². The first-order chi connectivity index (χ1) is 11.6. The molecule has 0 aliphatic carbocycles. The van der Waals surface area contributed by atoms with E-state index in [-0.39, 0.29) is 5.78 Å². The molecule has 3 heteroatoms. The first-order valence-corrected chi connectivity index (χ1v) is 8.08. The molecule has 0 aromatic heterocycles. The molecule has 0 spiro atoms. The summed E-state index contributed by atoms with van der Waals surface area (Å²) in [5.41, 5.74) is 3.96. The smallest absolute Gasteiger partial charge is 0.159 e. The Morgan fingerprint density at radius 1 is 0.833 bits per heavy atom. The number of carbonyl (C=O) groups excluding carboxylic acids is 1. The van der Waals surface area contributed by atoms with E-state index in [9.17, 15) is 4.79 Å². The molecule has 0 atom stereocenters. The number of hydrogen-bond acceptors (Lipinski definition) is 2. The number of ketones is 1. The monoisotopic (exact) mass is 336 g/mol. The lowest BCUT2D eigenvalue weighted by Crippen LogP contribution is -1.95. The first-order valence-electron chi connectivity index (χ1n) is 7.70. The second-order valence-corrected chi connectivity index (χ2v) is 6.01. The fraction of sp³-hybridized carbons (Fsp3) is 0.0952. The molecule has 0 unspecified atom stereocenters. The van der Waals surface area contributed by atoms with E-state index >= 15 is 0 Å².